The van der Waals surface area contributed by atoms with Crippen LogP contribution in [0.2, 0.25) is 0 Å². The Bertz CT molecular complexity index is 547. The van der Waals surface area contributed by atoms with Crippen LogP contribution in [0.3, 0.4) is 0 Å². The van der Waals surface area contributed by atoms with Crippen LogP contribution in [0.5, 0.6) is 0 Å². The summed E-state index contributed by atoms with van der Waals surface area (Å²) in [5.41, 5.74) is 1.00. The average Bonchev–Trinajstić information content (AvgIpc) is 2.70. The molecule has 0 aliphatic carbocycles. The summed E-state index contributed by atoms with van der Waals surface area (Å²) in [5.74, 6) is -0.238. The fourth-order valence-corrected chi connectivity index (χ4v) is 2.86. The smallest absolute Gasteiger partial charge is 0.274 e. The van der Waals surface area contributed by atoms with Crippen molar-refractivity contribution < 1.29 is 14.8 Å². The summed E-state index contributed by atoms with van der Waals surface area (Å²) >= 11 is 3.33. The summed E-state index contributed by atoms with van der Waals surface area (Å²) < 4.78 is 0.641. The van der Waals surface area contributed by atoms with Gasteiger partial charge in [-0.1, -0.05) is 0 Å². The number of carbonyl (C=O) groups is 1. The van der Waals surface area contributed by atoms with Gasteiger partial charge in [0.1, 0.15) is 0 Å². The quantitative estimate of drug-likeness (QED) is 0.679. The number of amides is 1. The van der Waals surface area contributed by atoms with Crippen molar-refractivity contribution in [3.8, 4) is 0 Å². The molecule has 0 spiro atoms. The number of nitro groups is 1. The number of rotatable bonds is 3. The van der Waals surface area contributed by atoms with Crippen molar-refractivity contribution in [2.45, 2.75) is 13.3 Å². The van der Waals surface area contributed by atoms with Crippen molar-refractivity contribution in [2.24, 2.45) is 5.92 Å². The molecule has 2 rings (SSSR count). The highest BCUT2D eigenvalue weighted by Crippen LogP contribution is 2.36. The Morgan fingerprint density at radius 1 is 1.58 bits per heavy atom. The second-order valence-corrected chi connectivity index (χ2v) is 5.46. The highest BCUT2D eigenvalue weighted by molar-refractivity contribution is 9.10. The summed E-state index contributed by atoms with van der Waals surface area (Å²) in [6.45, 7) is 1.97. The maximum Gasteiger partial charge on any atom is 0.274 e. The lowest BCUT2D eigenvalue weighted by atomic mass is 10.1. The molecule has 0 saturated carbocycles. The molecule has 1 aromatic carbocycles. The van der Waals surface area contributed by atoms with Crippen LogP contribution in [0.1, 0.15) is 12.0 Å². The van der Waals surface area contributed by atoms with Gasteiger partial charge in [-0.15, -0.1) is 0 Å². The zero-order chi connectivity index (χ0) is 14.2. The molecule has 102 valence electrons. The number of hydrogen-bond donors (Lipinski definition) is 1. The summed E-state index contributed by atoms with van der Waals surface area (Å²) in [4.78, 5) is 23.9. The minimum atomic E-state index is -0.463. The van der Waals surface area contributed by atoms with Gasteiger partial charge in [0.25, 0.3) is 5.69 Å². The third-order valence-electron chi connectivity index (χ3n) is 3.22. The van der Waals surface area contributed by atoms with Gasteiger partial charge < -0.3 is 10.0 Å². The molecular weight excluding hydrogens is 316 g/mol. The Balaban J connectivity index is 2.42. The number of aliphatic hydroxyl groups excluding tert-OH is 1. The Hall–Kier alpha value is -1.47. The lowest BCUT2D eigenvalue weighted by Crippen LogP contribution is -2.25. The highest BCUT2D eigenvalue weighted by Gasteiger charge is 2.32. The number of carbonyl (C=O) groups excluding carboxylic acids is 1. The number of hydrogen-bond acceptors (Lipinski definition) is 4. The summed E-state index contributed by atoms with van der Waals surface area (Å²) in [6, 6.07) is 3.03. The lowest BCUT2D eigenvalue weighted by Gasteiger charge is -2.18. The molecule has 1 N–H and O–H groups in total. The van der Waals surface area contributed by atoms with Crippen LogP contribution >= 0.6 is 15.9 Å². The van der Waals surface area contributed by atoms with Gasteiger partial charge >= 0.3 is 0 Å². The fourth-order valence-electron chi connectivity index (χ4n) is 2.19. The SMILES string of the molecule is Cc1cc(Br)c(N2CC(CO)CC2=O)cc1[N+](=O)[O-]. The van der Waals surface area contributed by atoms with E-state index in [1.807, 2.05) is 0 Å². The number of benzene rings is 1. The standard InChI is InChI=1S/C12H13BrN2O4/c1-7-2-9(13)11(4-10(7)15(18)19)14-5-8(6-16)3-12(14)17/h2,4,8,16H,3,5-6H2,1H3. The van der Waals surface area contributed by atoms with Gasteiger partial charge in [-0.05, 0) is 28.9 Å². The maximum absolute atomic E-state index is 11.9. The lowest BCUT2D eigenvalue weighted by molar-refractivity contribution is -0.385. The van der Waals surface area contributed by atoms with E-state index in [1.54, 1.807) is 13.0 Å². The molecule has 1 aliphatic heterocycles. The first-order valence-electron chi connectivity index (χ1n) is 5.79. The normalized spacial score (nSPS) is 19.0. The van der Waals surface area contributed by atoms with Gasteiger partial charge in [0, 0.05) is 41.6 Å². The van der Waals surface area contributed by atoms with Crippen LogP contribution in [0, 0.1) is 23.0 Å². The van der Waals surface area contributed by atoms with Gasteiger partial charge in [-0.2, -0.15) is 0 Å². The molecule has 6 nitrogen and oxygen atoms in total. The monoisotopic (exact) mass is 328 g/mol. The van der Waals surface area contributed by atoms with E-state index in [-0.39, 0.29) is 30.5 Å². The van der Waals surface area contributed by atoms with Gasteiger partial charge in [0.15, 0.2) is 0 Å². The summed E-state index contributed by atoms with van der Waals surface area (Å²) in [6.07, 6.45) is 0.268. The molecule has 1 atom stereocenters. The zero-order valence-electron chi connectivity index (χ0n) is 10.3. The number of nitro benzene ring substituents is 1. The van der Waals surface area contributed by atoms with Crippen LogP contribution in [0.15, 0.2) is 16.6 Å². The van der Waals surface area contributed by atoms with Crippen molar-refractivity contribution in [3.63, 3.8) is 0 Å². The van der Waals surface area contributed by atoms with E-state index in [9.17, 15) is 14.9 Å². The Morgan fingerprint density at radius 2 is 2.26 bits per heavy atom. The molecule has 7 heteroatoms. The van der Waals surface area contributed by atoms with Gasteiger partial charge in [-0.3, -0.25) is 14.9 Å². The molecule has 0 aromatic heterocycles. The van der Waals surface area contributed by atoms with E-state index in [0.717, 1.165) is 0 Å². The third kappa shape index (κ3) is 2.62. The first-order chi connectivity index (χ1) is 8.93. The van der Waals surface area contributed by atoms with Crippen molar-refractivity contribution in [1.82, 2.24) is 0 Å². The number of anilines is 1. The first-order valence-corrected chi connectivity index (χ1v) is 6.59. The number of nitrogens with zero attached hydrogens (tertiary/aromatic N) is 2. The Morgan fingerprint density at radius 3 is 2.79 bits per heavy atom. The summed E-state index contributed by atoms with van der Waals surface area (Å²) in [5, 5.41) is 20.1. The summed E-state index contributed by atoms with van der Waals surface area (Å²) in [7, 11) is 0. The van der Waals surface area contributed by atoms with Crippen LogP contribution in [-0.2, 0) is 4.79 Å². The number of aliphatic hydroxyl groups is 1. The van der Waals surface area contributed by atoms with E-state index < -0.39 is 4.92 Å². The highest BCUT2D eigenvalue weighted by atomic mass is 79.9. The van der Waals surface area contributed by atoms with E-state index >= 15 is 0 Å². The van der Waals surface area contributed by atoms with Gasteiger partial charge in [0.2, 0.25) is 5.91 Å². The number of aryl methyl sites for hydroxylation is 1. The molecule has 1 amide bonds. The molecule has 1 aromatic rings. The Labute approximate surface area is 118 Å². The average molecular weight is 329 g/mol. The molecule has 1 fully saturated rings. The molecule has 1 aliphatic rings. The van der Waals surface area contributed by atoms with Crippen molar-refractivity contribution in [2.75, 3.05) is 18.1 Å². The topological polar surface area (TPSA) is 83.7 Å². The minimum absolute atomic E-state index is 0.0153. The maximum atomic E-state index is 11.9. The van der Waals surface area contributed by atoms with Crippen LogP contribution < -0.4 is 4.90 Å². The van der Waals surface area contributed by atoms with Crippen molar-refractivity contribution >= 4 is 33.2 Å². The van der Waals surface area contributed by atoms with Gasteiger partial charge in [-0.25, -0.2) is 0 Å². The molecule has 1 unspecified atom stereocenters. The van der Waals surface area contributed by atoms with E-state index in [0.29, 0.717) is 22.3 Å². The predicted octanol–water partition coefficient (Wildman–Crippen LogP) is 2.01. The zero-order valence-corrected chi connectivity index (χ0v) is 11.9. The second kappa shape index (κ2) is 5.26. The van der Waals surface area contributed by atoms with E-state index in [2.05, 4.69) is 15.9 Å². The van der Waals surface area contributed by atoms with Crippen molar-refractivity contribution in [1.29, 1.82) is 0 Å². The first kappa shape index (κ1) is 14.0. The predicted molar refractivity (Wildman–Crippen MR) is 73.1 cm³/mol. The third-order valence-corrected chi connectivity index (χ3v) is 3.85. The van der Waals surface area contributed by atoms with Crippen LogP contribution in [-0.4, -0.2) is 29.1 Å². The van der Waals surface area contributed by atoms with Crippen LogP contribution in [0.25, 0.3) is 0 Å². The van der Waals surface area contributed by atoms with Crippen molar-refractivity contribution in [3.05, 3.63) is 32.3 Å². The fraction of sp³-hybridized carbons (Fsp3) is 0.417. The van der Waals surface area contributed by atoms with Gasteiger partial charge in [0.05, 0.1) is 10.6 Å². The van der Waals surface area contributed by atoms with Crippen LogP contribution in [0.4, 0.5) is 11.4 Å². The molecule has 19 heavy (non-hydrogen) atoms. The molecular formula is C12H13BrN2O4. The van der Waals surface area contributed by atoms with E-state index in [1.165, 1.54) is 11.0 Å². The molecule has 1 heterocycles. The van der Waals surface area contributed by atoms with E-state index in [4.69, 9.17) is 5.11 Å². The largest absolute Gasteiger partial charge is 0.396 e. The minimum Gasteiger partial charge on any atom is -0.396 e. The Kier molecular flexibility index (Phi) is 3.86. The second-order valence-electron chi connectivity index (χ2n) is 4.60. The number of halogens is 1. The molecule has 0 bridgehead atoms. The molecule has 1 saturated heterocycles. The molecule has 0 radical (unpaired) electrons.